The third kappa shape index (κ3) is 5.26. The number of hydrogen-bond acceptors (Lipinski definition) is 4. The van der Waals surface area contributed by atoms with E-state index in [9.17, 15) is 18.0 Å². The lowest BCUT2D eigenvalue weighted by molar-refractivity contribution is -0.116. The molecule has 27 heavy (non-hydrogen) atoms. The number of para-hydroxylation sites is 1. The van der Waals surface area contributed by atoms with Crippen molar-refractivity contribution in [3.8, 4) is 0 Å². The van der Waals surface area contributed by atoms with Crippen molar-refractivity contribution in [1.82, 2.24) is 4.31 Å². The van der Waals surface area contributed by atoms with Gasteiger partial charge in [-0.25, -0.2) is 8.42 Å². The Kier molecular flexibility index (Phi) is 6.90. The van der Waals surface area contributed by atoms with Gasteiger partial charge >= 0.3 is 0 Å². The lowest BCUT2D eigenvalue weighted by Gasteiger charge is -2.20. The van der Waals surface area contributed by atoms with Crippen molar-refractivity contribution in [1.29, 1.82) is 0 Å². The Morgan fingerprint density at radius 3 is 2.33 bits per heavy atom. The number of nitrogens with zero attached hydrogens (tertiary/aromatic N) is 1. The molecule has 0 atom stereocenters. The molecule has 0 saturated carbocycles. The van der Waals surface area contributed by atoms with Crippen LogP contribution in [0.25, 0.3) is 0 Å². The van der Waals surface area contributed by atoms with Gasteiger partial charge in [0.1, 0.15) is 0 Å². The van der Waals surface area contributed by atoms with Crippen molar-refractivity contribution in [2.45, 2.75) is 11.8 Å². The monoisotopic (exact) mass is 406 g/mol. The van der Waals surface area contributed by atoms with Crippen LogP contribution in [0.5, 0.6) is 0 Å². The maximum Gasteiger partial charge on any atom is 0.243 e. The fourth-order valence-corrected chi connectivity index (χ4v) is 3.86. The Morgan fingerprint density at radius 1 is 1.15 bits per heavy atom. The number of carbonyl (C=O) groups excluding carboxylic acids is 2. The van der Waals surface area contributed by atoms with Crippen LogP contribution < -0.4 is 5.32 Å². The van der Waals surface area contributed by atoms with Crippen molar-refractivity contribution in [3.05, 3.63) is 71.8 Å². The van der Waals surface area contributed by atoms with Gasteiger partial charge in [0.15, 0.2) is 5.78 Å². The van der Waals surface area contributed by atoms with E-state index in [2.05, 4.69) is 11.9 Å². The summed E-state index contributed by atoms with van der Waals surface area (Å²) in [5.41, 5.74) is 0.798. The lowest BCUT2D eigenvalue weighted by Crippen LogP contribution is -2.38. The number of benzene rings is 2. The standard InChI is InChI=1S/C19H19ClN2O4S/c1-3-12-22(13-19(24)21-18-7-5-4-6-17(18)20)27(25,26)16-10-8-15(9-11-16)14(2)23/h3-11H,1,12-13H2,2H3,(H,21,24). The minimum Gasteiger partial charge on any atom is -0.324 e. The molecule has 2 rings (SSSR count). The molecule has 6 nitrogen and oxygen atoms in total. The summed E-state index contributed by atoms with van der Waals surface area (Å²) < 4.78 is 26.7. The smallest absolute Gasteiger partial charge is 0.243 e. The van der Waals surface area contributed by atoms with Gasteiger partial charge in [0.25, 0.3) is 0 Å². The molecule has 1 N–H and O–H groups in total. The second-order valence-electron chi connectivity index (χ2n) is 5.69. The van der Waals surface area contributed by atoms with Gasteiger partial charge in [0.05, 0.1) is 22.2 Å². The highest BCUT2D eigenvalue weighted by atomic mass is 35.5. The predicted octanol–water partition coefficient (Wildman–Crippen LogP) is 3.36. The number of hydrogen-bond donors (Lipinski definition) is 1. The molecular weight excluding hydrogens is 388 g/mol. The Morgan fingerprint density at radius 2 is 1.78 bits per heavy atom. The third-order valence-corrected chi connectivity index (χ3v) is 5.85. The molecule has 1 amide bonds. The van der Waals surface area contributed by atoms with E-state index in [1.807, 2.05) is 0 Å². The SMILES string of the molecule is C=CCN(CC(=O)Nc1ccccc1Cl)S(=O)(=O)c1ccc(C(C)=O)cc1. The van der Waals surface area contributed by atoms with Crippen molar-refractivity contribution < 1.29 is 18.0 Å². The van der Waals surface area contributed by atoms with E-state index in [1.54, 1.807) is 24.3 Å². The molecule has 0 aliphatic heterocycles. The maximum absolute atomic E-state index is 12.8. The lowest BCUT2D eigenvalue weighted by atomic mass is 10.2. The van der Waals surface area contributed by atoms with Crippen LogP contribution in [-0.2, 0) is 14.8 Å². The van der Waals surface area contributed by atoms with Crippen molar-refractivity contribution in [2.75, 3.05) is 18.4 Å². The second-order valence-corrected chi connectivity index (χ2v) is 8.04. The Balaban J connectivity index is 2.21. The molecule has 8 heteroatoms. The first-order valence-electron chi connectivity index (χ1n) is 8.02. The van der Waals surface area contributed by atoms with E-state index in [-0.39, 0.29) is 17.2 Å². The molecule has 142 valence electrons. The summed E-state index contributed by atoms with van der Waals surface area (Å²) in [4.78, 5) is 23.7. The highest BCUT2D eigenvalue weighted by molar-refractivity contribution is 7.89. The number of ketones is 1. The summed E-state index contributed by atoms with van der Waals surface area (Å²) in [6.45, 7) is 4.48. The third-order valence-electron chi connectivity index (χ3n) is 3.70. The average molecular weight is 407 g/mol. The molecule has 0 aliphatic rings. The zero-order chi connectivity index (χ0) is 20.0. The maximum atomic E-state index is 12.8. The molecular formula is C19H19ClN2O4S. The van der Waals surface area contributed by atoms with Crippen molar-refractivity contribution >= 4 is 39.0 Å². The summed E-state index contributed by atoms with van der Waals surface area (Å²) in [5, 5.41) is 2.94. The van der Waals surface area contributed by atoms with Crippen LogP contribution in [0.3, 0.4) is 0 Å². The summed E-state index contributed by atoms with van der Waals surface area (Å²) in [6.07, 6.45) is 1.39. The van der Waals surface area contributed by atoms with Gasteiger partial charge in [-0.05, 0) is 31.2 Å². The van der Waals surface area contributed by atoms with Crippen molar-refractivity contribution in [3.63, 3.8) is 0 Å². The first kappa shape index (κ1) is 20.8. The molecule has 0 aliphatic carbocycles. The zero-order valence-electron chi connectivity index (χ0n) is 14.7. The summed E-state index contributed by atoms with van der Waals surface area (Å²) in [7, 11) is -3.95. The minimum atomic E-state index is -3.95. The van der Waals surface area contributed by atoms with Crippen molar-refractivity contribution in [2.24, 2.45) is 0 Å². The van der Waals surface area contributed by atoms with Crippen LogP contribution in [0.2, 0.25) is 5.02 Å². The number of nitrogens with one attached hydrogen (secondary N) is 1. The van der Waals surface area contributed by atoms with E-state index in [0.717, 1.165) is 4.31 Å². The highest BCUT2D eigenvalue weighted by Crippen LogP contribution is 2.21. The molecule has 0 bridgehead atoms. The first-order valence-corrected chi connectivity index (χ1v) is 9.84. The number of carbonyl (C=O) groups is 2. The number of Topliss-reactive ketones (excluding diaryl/α,β-unsaturated/α-hetero) is 1. The molecule has 2 aromatic rings. The normalized spacial score (nSPS) is 11.2. The number of sulfonamides is 1. The molecule has 0 heterocycles. The van der Waals surface area contributed by atoms with Gasteiger partial charge in [-0.15, -0.1) is 6.58 Å². The number of rotatable bonds is 8. The van der Waals surface area contributed by atoms with Gasteiger partial charge < -0.3 is 5.32 Å². The Labute approximate surface area is 163 Å². The van der Waals surface area contributed by atoms with Gasteiger partial charge in [0.2, 0.25) is 15.9 Å². The topological polar surface area (TPSA) is 83.6 Å². The zero-order valence-corrected chi connectivity index (χ0v) is 16.3. The molecule has 2 aromatic carbocycles. The van der Waals surface area contributed by atoms with E-state index in [0.29, 0.717) is 16.3 Å². The van der Waals surface area contributed by atoms with Crippen LogP contribution in [0.4, 0.5) is 5.69 Å². The Hall–Kier alpha value is -2.48. The number of anilines is 1. The molecule has 0 saturated heterocycles. The van der Waals surface area contributed by atoms with Crippen LogP contribution in [-0.4, -0.2) is 37.5 Å². The molecule has 0 fully saturated rings. The predicted molar refractivity (Wildman–Crippen MR) is 105 cm³/mol. The second kappa shape index (κ2) is 8.94. The summed E-state index contributed by atoms with van der Waals surface area (Å²) in [5.74, 6) is -0.699. The quantitative estimate of drug-likeness (QED) is 0.538. The van der Waals surface area contributed by atoms with Gasteiger partial charge in [0, 0.05) is 12.1 Å². The van der Waals surface area contributed by atoms with Crippen LogP contribution in [0.1, 0.15) is 17.3 Å². The minimum absolute atomic E-state index is 0.0140. The summed E-state index contributed by atoms with van der Waals surface area (Å²) >= 11 is 6.00. The molecule has 0 unspecified atom stereocenters. The Bertz CT molecular complexity index is 956. The molecule has 0 aromatic heterocycles. The largest absolute Gasteiger partial charge is 0.324 e. The number of amides is 1. The summed E-state index contributed by atoms with van der Waals surface area (Å²) in [6, 6.07) is 12.2. The van der Waals surface area contributed by atoms with Gasteiger partial charge in [-0.3, -0.25) is 9.59 Å². The first-order chi connectivity index (χ1) is 12.8. The fourth-order valence-electron chi connectivity index (χ4n) is 2.31. The fraction of sp³-hybridized carbons (Fsp3) is 0.158. The number of halogens is 1. The van der Waals surface area contributed by atoms with Crippen LogP contribution in [0.15, 0.2) is 66.1 Å². The van der Waals surface area contributed by atoms with E-state index in [4.69, 9.17) is 11.6 Å². The average Bonchev–Trinajstić information content (AvgIpc) is 2.63. The van der Waals surface area contributed by atoms with E-state index in [1.165, 1.54) is 37.3 Å². The van der Waals surface area contributed by atoms with E-state index < -0.39 is 22.5 Å². The highest BCUT2D eigenvalue weighted by Gasteiger charge is 2.26. The van der Waals surface area contributed by atoms with Gasteiger partial charge in [-0.1, -0.05) is 41.9 Å². The molecule has 0 spiro atoms. The van der Waals surface area contributed by atoms with Crippen LogP contribution in [0, 0.1) is 0 Å². The van der Waals surface area contributed by atoms with E-state index >= 15 is 0 Å². The molecule has 0 radical (unpaired) electrons. The van der Waals surface area contributed by atoms with Gasteiger partial charge in [-0.2, -0.15) is 4.31 Å². The van der Waals surface area contributed by atoms with Crippen LogP contribution >= 0.6 is 11.6 Å².